The molecule has 3 heterocycles. The Bertz CT molecular complexity index is 1440. The number of fused-ring (bicyclic) bond motifs is 1. The van der Waals surface area contributed by atoms with Gasteiger partial charge in [-0.3, -0.25) is 0 Å². The Balaban J connectivity index is 1.79. The molecule has 5 rings (SSSR count). The first kappa shape index (κ1) is 23.8. The summed E-state index contributed by atoms with van der Waals surface area (Å²) in [6.07, 6.45) is 3.82. The Morgan fingerprint density at radius 1 is 1.19 bits per heavy atom. The van der Waals surface area contributed by atoms with Crippen molar-refractivity contribution in [3.63, 3.8) is 0 Å². The van der Waals surface area contributed by atoms with Gasteiger partial charge in [0.15, 0.2) is 17.2 Å². The van der Waals surface area contributed by atoms with Gasteiger partial charge in [-0.2, -0.15) is 0 Å². The summed E-state index contributed by atoms with van der Waals surface area (Å²) in [5, 5.41) is 12.4. The molecule has 4 aromatic rings. The summed E-state index contributed by atoms with van der Waals surface area (Å²) in [5.74, 6) is -0.235. The maximum absolute atomic E-state index is 12.5. The average Bonchev–Trinajstić information content (AvgIpc) is 3.51. The molecule has 2 aromatic heterocycles. The van der Waals surface area contributed by atoms with E-state index in [1.54, 1.807) is 19.4 Å². The van der Waals surface area contributed by atoms with Gasteiger partial charge in [-0.05, 0) is 42.7 Å². The summed E-state index contributed by atoms with van der Waals surface area (Å²) < 4.78 is 18.5. The van der Waals surface area contributed by atoms with Gasteiger partial charge in [-0.25, -0.2) is 9.78 Å². The van der Waals surface area contributed by atoms with Crippen molar-refractivity contribution in [2.24, 2.45) is 0 Å². The maximum atomic E-state index is 12.5. The number of carbonyl (C=O) groups is 1. The summed E-state index contributed by atoms with van der Waals surface area (Å²) in [4.78, 5) is 16.8. The van der Waals surface area contributed by atoms with Crippen LogP contribution in [0.5, 0.6) is 5.75 Å². The molecule has 0 bridgehead atoms. The van der Waals surface area contributed by atoms with Crippen LogP contribution in [0.4, 0.5) is 0 Å². The number of aromatic hydroxyl groups is 1. The molecule has 1 aliphatic heterocycles. The van der Waals surface area contributed by atoms with Crippen molar-refractivity contribution in [1.82, 2.24) is 9.55 Å². The third-order valence-electron chi connectivity index (χ3n) is 6.26. The molecule has 7 nitrogen and oxygen atoms in total. The molecular formula is C28H25ClN2O5. The number of esters is 1. The second-order valence-electron chi connectivity index (χ2n) is 8.44. The van der Waals surface area contributed by atoms with Crippen molar-refractivity contribution in [1.29, 1.82) is 0 Å². The normalized spacial score (nSPS) is 13.7. The monoisotopic (exact) mass is 504 g/mol. The predicted molar refractivity (Wildman–Crippen MR) is 137 cm³/mol. The number of hydrogen-bond donors (Lipinski definition) is 1. The van der Waals surface area contributed by atoms with Crippen LogP contribution in [0.25, 0.3) is 22.2 Å². The van der Waals surface area contributed by atoms with Crippen LogP contribution in [0.3, 0.4) is 0 Å². The topological polar surface area (TPSA) is 82.8 Å². The van der Waals surface area contributed by atoms with E-state index in [2.05, 4.69) is 21.7 Å². The van der Waals surface area contributed by atoms with E-state index < -0.39 is 5.97 Å². The molecule has 1 atom stereocenters. The van der Waals surface area contributed by atoms with Crippen molar-refractivity contribution in [2.75, 3.05) is 13.4 Å². The van der Waals surface area contributed by atoms with E-state index in [4.69, 9.17) is 25.8 Å². The van der Waals surface area contributed by atoms with E-state index >= 15 is 0 Å². The molecule has 0 aliphatic carbocycles. The Morgan fingerprint density at radius 3 is 2.61 bits per heavy atom. The first-order valence-electron chi connectivity index (χ1n) is 11.6. The molecule has 1 aliphatic rings. The zero-order valence-electron chi connectivity index (χ0n) is 19.9. The van der Waals surface area contributed by atoms with Crippen molar-refractivity contribution in [2.45, 2.75) is 26.3 Å². The minimum atomic E-state index is -0.673. The van der Waals surface area contributed by atoms with Gasteiger partial charge in [0.2, 0.25) is 6.79 Å². The number of carbonyl (C=O) groups excluding carboxylic acids is 1. The molecule has 2 aromatic carbocycles. The number of ether oxygens (including phenoxy) is 3. The van der Waals surface area contributed by atoms with Crippen LogP contribution < -0.4 is 0 Å². The number of aryl methyl sites for hydroxylation is 1. The van der Waals surface area contributed by atoms with E-state index in [0.29, 0.717) is 28.1 Å². The Hall–Kier alpha value is -3.97. The summed E-state index contributed by atoms with van der Waals surface area (Å²) in [6.45, 7) is 3.93. The number of aromatic nitrogens is 2. The molecule has 36 heavy (non-hydrogen) atoms. The van der Waals surface area contributed by atoms with E-state index in [0.717, 1.165) is 22.4 Å². The van der Waals surface area contributed by atoms with E-state index in [-0.39, 0.29) is 30.9 Å². The Morgan fingerprint density at radius 2 is 1.94 bits per heavy atom. The van der Waals surface area contributed by atoms with Crippen LogP contribution in [0.15, 0.2) is 72.8 Å². The lowest BCUT2D eigenvalue weighted by Gasteiger charge is -2.23. The fraction of sp³-hybridized carbons (Fsp3) is 0.214. The average molecular weight is 505 g/mol. The van der Waals surface area contributed by atoms with Crippen LogP contribution >= 0.6 is 11.6 Å². The van der Waals surface area contributed by atoms with E-state index in [9.17, 15) is 9.90 Å². The van der Waals surface area contributed by atoms with Crippen molar-refractivity contribution < 1.29 is 24.1 Å². The van der Waals surface area contributed by atoms with E-state index in [1.165, 1.54) is 0 Å². The molecule has 0 saturated heterocycles. The van der Waals surface area contributed by atoms with Gasteiger partial charge in [-0.15, -0.1) is 0 Å². The van der Waals surface area contributed by atoms with Crippen molar-refractivity contribution >= 4 is 28.5 Å². The Kier molecular flexibility index (Phi) is 6.57. The minimum Gasteiger partial charge on any atom is -0.505 e. The Labute approximate surface area is 213 Å². The molecule has 0 radical (unpaired) electrons. The number of benzene rings is 2. The fourth-order valence-electron chi connectivity index (χ4n) is 4.68. The summed E-state index contributed by atoms with van der Waals surface area (Å²) in [7, 11) is 0. The smallest absolute Gasteiger partial charge is 0.360 e. The van der Waals surface area contributed by atoms with Gasteiger partial charge in [0.25, 0.3) is 0 Å². The van der Waals surface area contributed by atoms with Crippen molar-refractivity contribution in [3.8, 4) is 17.0 Å². The number of hydrogen-bond acceptors (Lipinski definition) is 6. The minimum absolute atomic E-state index is 0.119. The lowest BCUT2D eigenvalue weighted by atomic mass is 10.0. The zero-order valence-corrected chi connectivity index (χ0v) is 20.7. The molecule has 8 heteroatoms. The first-order valence-corrected chi connectivity index (χ1v) is 12.0. The van der Waals surface area contributed by atoms with Crippen molar-refractivity contribution in [3.05, 3.63) is 94.7 Å². The molecule has 184 valence electrons. The number of halogens is 1. The second kappa shape index (κ2) is 9.95. The maximum Gasteiger partial charge on any atom is 0.360 e. The highest BCUT2D eigenvalue weighted by molar-refractivity contribution is 6.30. The van der Waals surface area contributed by atoms with Gasteiger partial charge in [0.05, 0.1) is 30.1 Å². The fourth-order valence-corrected chi connectivity index (χ4v) is 4.81. The van der Waals surface area contributed by atoms with Crippen LogP contribution in [0.2, 0.25) is 5.02 Å². The first-order chi connectivity index (χ1) is 17.5. The highest BCUT2D eigenvalue weighted by Gasteiger charge is 2.31. The summed E-state index contributed by atoms with van der Waals surface area (Å²) >= 11 is 6.19. The van der Waals surface area contributed by atoms with Gasteiger partial charge in [-0.1, -0.05) is 54.1 Å². The molecular weight excluding hydrogens is 480 g/mol. The standard InChI is InChI=1S/C28H25ClN2O5/c1-3-35-28(33)25-27(32)24-17(2)26(19-9-11-20(29)12-10-19)31(22(24)14-30-25)21(23-15-34-16-36-23)13-18-7-5-4-6-8-18/h4-12,14-15,21,32H,3,13,16H2,1-2H3. The largest absolute Gasteiger partial charge is 0.505 e. The molecule has 0 amide bonds. The van der Waals surface area contributed by atoms with Crippen LogP contribution in [-0.4, -0.2) is 34.0 Å². The summed E-state index contributed by atoms with van der Waals surface area (Å²) in [5.41, 5.74) is 4.16. The highest BCUT2D eigenvalue weighted by atomic mass is 35.5. The molecule has 0 saturated carbocycles. The zero-order chi connectivity index (χ0) is 25.2. The lowest BCUT2D eigenvalue weighted by molar-refractivity contribution is 0.0516. The quantitative estimate of drug-likeness (QED) is 0.303. The molecule has 1 unspecified atom stereocenters. The molecule has 0 spiro atoms. The van der Waals surface area contributed by atoms with Gasteiger partial charge in [0.1, 0.15) is 6.26 Å². The van der Waals surface area contributed by atoms with Crippen LogP contribution in [0, 0.1) is 6.92 Å². The number of allylic oxidation sites excluding steroid dienone is 1. The number of pyridine rings is 1. The van der Waals surface area contributed by atoms with Gasteiger partial charge >= 0.3 is 5.97 Å². The molecule has 0 fully saturated rings. The lowest BCUT2D eigenvalue weighted by Crippen LogP contribution is -2.17. The van der Waals surface area contributed by atoms with Crippen LogP contribution in [-0.2, 0) is 20.6 Å². The highest BCUT2D eigenvalue weighted by Crippen LogP contribution is 2.43. The van der Waals surface area contributed by atoms with Gasteiger partial charge in [0, 0.05) is 16.8 Å². The molecule has 1 N–H and O–H groups in total. The van der Waals surface area contributed by atoms with Crippen LogP contribution in [0.1, 0.15) is 34.6 Å². The third kappa shape index (κ3) is 4.27. The van der Waals surface area contributed by atoms with Gasteiger partial charge < -0.3 is 23.9 Å². The SMILES string of the molecule is CCOC(=O)c1ncc2c(c(C)c(-c3ccc(Cl)cc3)n2C(Cc2ccccc2)C2=COCO2)c1O. The second-order valence-corrected chi connectivity index (χ2v) is 8.88. The predicted octanol–water partition coefficient (Wildman–Crippen LogP) is 6.18. The number of rotatable bonds is 7. The third-order valence-corrected chi connectivity index (χ3v) is 6.51. The number of nitrogens with zero attached hydrogens (tertiary/aromatic N) is 2. The summed E-state index contributed by atoms with van der Waals surface area (Å²) in [6, 6.07) is 17.2. The van der Waals surface area contributed by atoms with E-state index in [1.807, 2.05) is 49.4 Å².